The molecule has 1 saturated heterocycles. The number of hydrogen-bond acceptors (Lipinski definition) is 5. The van der Waals surface area contributed by atoms with Gasteiger partial charge in [0.05, 0.1) is 26.4 Å². The number of hydrogen-bond donors (Lipinski definition) is 2. The number of morpholine rings is 1. The van der Waals surface area contributed by atoms with Crippen LogP contribution in [0.1, 0.15) is 13.8 Å². The summed E-state index contributed by atoms with van der Waals surface area (Å²) >= 11 is 0. The van der Waals surface area contributed by atoms with Gasteiger partial charge in [-0.1, -0.05) is 6.07 Å². The van der Waals surface area contributed by atoms with Gasteiger partial charge in [-0.25, -0.2) is 4.99 Å². The maximum Gasteiger partial charge on any atom is 0.191 e. The first-order chi connectivity index (χ1) is 12.6. The lowest BCUT2D eigenvalue weighted by Crippen LogP contribution is -2.48. The highest BCUT2D eigenvalue weighted by molar-refractivity contribution is 5.79. The minimum Gasteiger partial charge on any atom is -0.497 e. The molecule has 2 N–H and O–H groups in total. The van der Waals surface area contributed by atoms with E-state index < -0.39 is 0 Å². The second-order valence-corrected chi connectivity index (χ2v) is 6.46. The van der Waals surface area contributed by atoms with E-state index in [4.69, 9.17) is 14.2 Å². The van der Waals surface area contributed by atoms with E-state index in [1.165, 1.54) is 0 Å². The number of benzene rings is 1. The summed E-state index contributed by atoms with van der Waals surface area (Å²) in [5, 5.41) is 6.63. The van der Waals surface area contributed by atoms with E-state index in [0.29, 0.717) is 6.54 Å². The van der Waals surface area contributed by atoms with Crippen molar-refractivity contribution in [1.29, 1.82) is 0 Å². The summed E-state index contributed by atoms with van der Waals surface area (Å²) in [5.74, 6) is 2.35. The molecule has 26 heavy (non-hydrogen) atoms. The number of nitrogens with one attached hydrogen (secondary N) is 2. The van der Waals surface area contributed by atoms with Crippen LogP contribution in [-0.2, 0) is 4.74 Å². The van der Waals surface area contributed by atoms with E-state index in [2.05, 4.69) is 34.5 Å². The third kappa shape index (κ3) is 7.09. The fourth-order valence-electron chi connectivity index (χ4n) is 2.71. The zero-order valence-corrected chi connectivity index (χ0v) is 16.3. The van der Waals surface area contributed by atoms with E-state index in [0.717, 1.165) is 50.2 Å². The van der Waals surface area contributed by atoms with Gasteiger partial charge >= 0.3 is 0 Å². The van der Waals surface area contributed by atoms with Crippen molar-refractivity contribution in [3.05, 3.63) is 24.3 Å². The molecule has 0 spiro atoms. The van der Waals surface area contributed by atoms with Crippen molar-refractivity contribution >= 4 is 5.96 Å². The summed E-state index contributed by atoms with van der Waals surface area (Å²) in [4.78, 5) is 6.91. The molecule has 1 aromatic rings. The predicted molar refractivity (Wildman–Crippen MR) is 104 cm³/mol. The van der Waals surface area contributed by atoms with Gasteiger partial charge in [0.1, 0.15) is 17.6 Å². The van der Waals surface area contributed by atoms with Crippen molar-refractivity contribution in [1.82, 2.24) is 15.5 Å². The van der Waals surface area contributed by atoms with Gasteiger partial charge in [0.25, 0.3) is 0 Å². The van der Waals surface area contributed by atoms with Crippen LogP contribution < -0.4 is 20.1 Å². The van der Waals surface area contributed by atoms with Crippen LogP contribution in [-0.4, -0.2) is 76.6 Å². The Kier molecular flexibility index (Phi) is 8.50. The Morgan fingerprint density at radius 1 is 1.38 bits per heavy atom. The summed E-state index contributed by atoms with van der Waals surface area (Å²) in [6, 6.07) is 7.61. The molecule has 1 aromatic carbocycles. The Morgan fingerprint density at radius 2 is 2.19 bits per heavy atom. The van der Waals surface area contributed by atoms with Crippen molar-refractivity contribution in [3.8, 4) is 11.5 Å². The summed E-state index contributed by atoms with van der Waals surface area (Å²) in [7, 11) is 3.77. The highest BCUT2D eigenvalue weighted by atomic mass is 16.5. The molecule has 0 bridgehead atoms. The fraction of sp³-hybridized carbons (Fsp3) is 0.632. The molecule has 146 valence electrons. The zero-order valence-electron chi connectivity index (χ0n) is 16.3. The first kappa shape index (κ1) is 20.3. The fourth-order valence-corrected chi connectivity index (χ4v) is 2.71. The molecular formula is C19H32N4O3. The average molecular weight is 364 g/mol. The Balaban J connectivity index is 1.82. The maximum absolute atomic E-state index is 5.92. The molecule has 1 heterocycles. The summed E-state index contributed by atoms with van der Waals surface area (Å²) < 4.78 is 16.9. The molecular weight excluding hydrogens is 332 g/mol. The highest BCUT2D eigenvalue weighted by Gasteiger charge is 2.17. The first-order valence-corrected chi connectivity index (χ1v) is 9.23. The van der Waals surface area contributed by atoms with E-state index in [1.807, 2.05) is 31.2 Å². The molecule has 2 rings (SSSR count). The smallest absolute Gasteiger partial charge is 0.191 e. The summed E-state index contributed by atoms with van der Waals surface area (Å²) in [6.45, 7) is 8.86. The standard InChI is InChI=1S/C19H32N4O3/c1-5-20-19(22-13-18-14-23(3)9-10-25-18)21-12-15(2)26-17-8-6-7-16(11-17)24-4/h6-8,11,15,18H,5,9-10,12-14H2,1-4H3,(H2,20,21,22). The molecule has 0 aromatic heterocycles. The van der Waals surface area contributed by atoms with Gasteiger partial charge in [0, 0.05) is 32.2 Å². The number of nitrogens with zero attached hydrogens (tertiary/aromatic N) is 2. The molecule has 1 aliphatic heterocycles. The van der Waals surface area contributed by atoms with Gasteiger partial charge in [0.15, 0.2) is 5.96 Å². The molecule has 2 unspecified atom stereocenters. The van der Waals surface area contributed by atoms with E-state index >= 15 is 0 Å². The van der Waals surface area contributed by atoms with Crippen LogP contribution in [0.4, 0.5) is 0 Å². The lowest BCUT2D eigenvalue weighted by Gasteiger charge is -2.30. The van der Waals surface area contributed by atoms with Crippen molar-refractivity contribution in [2.24, 2.45) is 4.99 Å². The number of guanidine groups is 1. The van der Waals surface area contributed by atoms with Crippen LogP contribution in [0.3, 0.4) is 0 Å². The summed E-state index contributed by atoms with van der Waals surface area (Å²) in [6.07, 6.45) is 0.137. The van der Waals surface area contributed by atoms with Crippen molar-refractivity contribution in [3.63, 3.8) is 0 Å². The zero-order chi connectivity index (χ0) is 18.8. The van der Waals surface area contributed by atoms with E-state index in [-0.39, 0.29) is 12.2 Å². The van der Waals surface area contributed by atoms with Crippen LogP contribution in [0.15, 0.2) is 29.3 Å². The van der Waals surface area contributed by atoms with Crippen LogP contribution >= 0.6 is 0 Å². The molecule has 7 heteroatoms. The quantitative estimate of drug-likeness (QED) is 0.536. The molecule has 1 aliphatic rings. The largest absolute Gasteiger partial charge is 0.497 e. The Morgan fingerprint density at radius 3 is 2.92 bits per heavy atom. The van der Waals surface area contributed by atoms with Gasteiger partial charge < -0.3 is 29.7 Å². The second-order valence-electron chi connectivity index (χ2n) is 6.46. The van der Waals surface area contributed by atoms with Crippen LogP contribution in [0, 0.1) is 0 Å². The van der Waals surface area contributed by atoms with E-state index in [1.54, 1.807) is 7.11 Å². The second kappa shape index (κ2) is 10.9. The maximum atomic E-state index is 5.92. The first-order valence-electron chi connectivity index (χ1n) is 9.23. The number of methoxy groups -OCH3 is 1. The SMILES string of the molecule is CCNC(=NCC(C)Oc1cccc(OC)c1)NCC1CN(C)CCO1. The number of aliphatic imine (C=N–C) groups is 1. The van der Waals surface area contributed by atoms with Crippen LogP contribution in [0.5, 0.6) is 11.5 Å². The third-order valence-corrected chi connectivity index (χ3v) is 4.07. The monoisotopic (exact) mass is 364 g/mol. The average Bonchev–Trinajstić information content (AvgIpc) is 2.64. The third-order valence-electron chi connectivity index (χ3n) is 4.07. The Hall–Kier alpha value is -1.99. The summed E-state index contributed by atoms with van der Waals surface area (Å²) in [5.41, 5.74) is 0. The number of ether oxygens (including phenoxy) is 3. The van der Waals surface area contributed by atoms with Crippen LogP contribution in [0.25, 0.3) is 0 Å². The van der Waals surface area contributed by atoms with Gasteiger partial charge in [-0.05, 0) is 33.0 Å². The van der Waals surface area contributed by atoms with Gasteiger partial charge in [-0.15, -0.1) is 0 Å². The minimum atomic E-state index is -0.0466. The van der Waals surface area contributed by atoms with Crippen molar-refractivity contribution in [2.45, 2.75) is 26.1 Å². The van der Waals surface area contributed by atoms with Gasteiger partial charge in [-0.2, -0.15) is 0 Å². The molecule has 0 amide bonds. The molecule has 1 fully saturated rings. The molecule has 0 aliphatic carbocycles. The molecule has 7 nitrogen and oxygen atoms in total. The van der Waals surface area contributed by atoms with E-state index in [9.17, 15) is 0 Å². The van der Waals surface area contributed by atoms with Gasteiger partial charge in [0.2, 0.25) is 0 Å². The molecule has 0 radical (unpaired) electrons. The lowest BCUT2D eigenvalue weighted by molar-refractivity contribution is -0.0161. The van der Waals surface area contributed by atoms with Gasteiger partial charge in [-0.3, -0.25) is 0 Å². The number of rotatable bonds is 8. The normalized spacial score (nSPS) is 19.7. The van der Waals surface area contributed by atoms with Crippen molar-refractivity contribution in [2.75, 3.05) is 53.5 Å². The van der Waals surface area contributed by atoms with Crippen LogP contribution in [0.2, 0.25) is 0 Å². The molecule has 2 atom stereocenters. The predicted octanol–water partition coefficient (Wildman–Crippen LogP) is 1.35. The molecule has 0 saturated carbocycles. The van der Waals surface area contributed by atoms with Crippen molar-refractivity contribution < 1.29 is 14.2 Å². The topological polar surface area (TPSA) is 67.4 Å². The highest BCUT2D eigenvalue weighted by Crippen LogP contribution is 2.19. The Bertz CT molecular complexity index is 567. The number of likely N-dealkylation sites (N-methyl/N-ethyl adjacent to an activating group) is 1. The Labute approximate surface area is 156 Å². The minimum absolute atomic E-state index is 0.0466. The lowest BCUT2D eigenvalue weighted by atomic mass is 10.3.